The Kier molecular flexibility index (Phi) is 5.28. The van der Waals surface area contributed by atoms with E-state index in [-0.39, 0.29) is 0 Å². The Hall–Kier alpha value is -0.800. The van der Waals surface area contributed by atoms with Crippen LogP contribution in [-0.2, 0) is 13.1 Å². The molecule has 1 saturated heterocycles. The number of furan rings is 1. The number of aryl methyl sites for hydroxylation is 1. The summed E-state index contributed by atoms with van der Waals surface area (Å²) in [6.45, 7) is 15.4. The molecule has 3 heteroatoms. The van der Waals surface area contributed by atoms with Crippen molar-refractivity contribution in [1.29, 1.82) is 0 Å². The Morgan fingerprint density at radius 3 is 2.55 bits per heavy atom. The van der Waals surface area contributed by atoms with Crippen molar-refractivity contribution in [1.82, 2.24) is 10.2 Å². The van der Waals surface area contributed by atoms with Crippen LogP contribution in [0.1, 0.15) is 51.2 Å². The predicted molar refractivity (Wildman–Crippen MR) is 83.6 cm³/mol. The fourth-order valence-electron chi connectivity index (χ4n) is 3.30. The van der Waals surface area contributed by atoms with Gasteiger partial charge in [0.05, 0.1) is 6.54 Å². The quantitative estimate of drug-likeness (QED) is 0.892. The van der Waals surface area contributed by atoms with Crippen LogP contribution in [0.2, 0.25) is 0 Å². The molecule has 0 bridgehead atoms. The predicted octanol–water partition coefficient (Wildman–Crippen LogP) is 3.56. The first-order valence-corrected chi connectivity index (χ1v) is 7.98. The molecule has 2 heterocycles. The van der Waals surface area contributed by atoms with Crippen molar-refractivity contribution < 1.29 is 4.42 Å². The van der Waals surface area contributed by atoms with Crippen LogP contribution in [0.15, 0.2) is 10.5 Å². The van der Waals surface area contributed by atoms with Gasteiger partial charge in [-0.05, 0) is 31.2 Å². The number of likely N-dealkylation sites (tertiary alicyclic amines) is 1. The van der Waals surface area contributed by atoms with Crippen molar-refractivity contribution >= 4 is 0 Å². The summed E-state index contributed by atoms with van der Waals surface area (Å²) < 4.78 is 5.94. The Balaban J connectivity index is 1.94. The van der Waals surface area contributed by atoms with Gasteiger partial charge in [0.15, 0.2) is 0 Å². The summed E-state index contributed by atoms with van der Waals surface area (Å²) >= 11 is 0. The number of hydrogen-bond donors (Lipinski definition) is 1. The second-order valence-electron chi connectivity index (χ2n) is 6.97. The summed E-state index contributed by atoms with van der Waals surface area (Å²) in [6, 6.07) is 2.74. The molecule has 1 aromatic rings. The molecule has 1 aliphatic heterocycles. The SMILES string of the molecule is Cc1oc(CN2CC(C)CC(C)C2)cc1CNC(C)C. The van der Waals surface area contributed by atoms with Crippen LogP contribution in [-0.4, -0.2) is 24.0 Å². The fraction of sp³-hybridized carbons (Fsp3) is 0.765. The summed E-state index contributed by atoms with van der Waals surface area (Å²) in [5.41, 5.74) is 1.30. The van der Waals surface area contributed by atoms with Crippen LogP contribution in [0, 0.1) is 18.8 Å². The monoisotopic (exact) mass is 278 g/mol. The topological polar surface area (TPSA) is 28.4 Å². The van der Waals surface area contributed by atoms with Crippen molar-refractivity contribution in [2.75, 3.05) is 13.1 Å². The first kappa shape index (κ1) is 15.6. The lowest BCUT2D eigenvalue weighted by atomic mass is 9.92. The maximum atomic E-state index is 5.94. The van der Waals surface area contributed by atoms with Crippen LogP contribution in [0.5, 0.6) is 0 Å². The van der Waals surface area contributed by atoms with E-state index in [9.17, 15) is 0 Å². The Bertz CT molecular complexity index is 415. The number of nitrogens with one attached hydrogen (secondary N) is 1. The van der Waals surface area contributed by atoms with Gasteiger partial charge in [-0.2, -0.15) is 0 Å². The van der Waals surface area contributed by atoms with Crippen molar-refractivity contribution in [3.05, 3.63) is 23.2 Å². The minimum absolute atomic E-state index is 0.511. The van der Waals surface area contributed by atoms with Gasteiger partial charge in [-0.25, -0.2) is 0 Å². The van der Waals surface area contributed by atoms with Crippen molar-refractivity contribution in [3.63, 3.8) is 0 Å². The molecule has 2 unspecified atom stereocenters. The van der Waals surface area contributed by atoms with Crippen molar-refractivity contribution in [2.24, 2.45) is 11.8 Å². The summed E-state index contributed by atoms with van der Waals surface area (Å²) in [5, 5.41) is 3.46. The van der Waals surface area contributed by atoms with Crippen LogP contribution in [0.3, 0.4) is 0 Å². The molecule has 0 saturated carbocycles. The molecule has 0 amide bonds. The van der Waals surface area contributed by atoms with E-state index in [1.807, 2.05) is 0 Å². The molecule has 1 N–H and O–H groups in total. The first-order valence-electron chi connectivity index (χ1n) is 7.98. The zero-order chi connectivity index (χ0) is 14.7. The van der Waals surface area contributed by atoms with Gasteiger partial charge in [0, 0.05) is 31.2 Å². The smallest absolute Gasteiger partial charge is 0.118 e. The third kappa shape index (κ3) is 4.35. The lowest BCUT2D eigenvalue weighted by Crippen LogP contribution is -2.37. The average molecular weight is 278 g/mol. The highest BCUT2D eigenvalue weighted by Crippen LogP contribution is 2.24. The highest BCUT2D eigenvalue weighted by Gasteiger charge is 2.22. The van der Waals surface area contributed by atoms with E-state index >= 15 is 0 Å². The van der Waals surface area contributed by atoms with Crippen LogP contribution >= 0.6 is 0 Å². The van der Waals surface area contributed by atoms with Crippen LogP contribution < -0.4 is 5.32 Å². The maximum Gasteiger partial charge on any atom is 0.118 e. The standard InChI is InChI=1S/C17H30N2O/c1-12(2)18-8-16-7-17(20-15(16)5)11-19-9-13(3)6-14(4)10-19/h7,12-14,18H,6,8-11H2,1-5H3. The van der Waals surface area contributed by atoms with Gasteiger partial charge in [-0.1, -0.05) is 27.7 Å². The van der Waals surface area contributed by atoms with Crippen LogP contribution in [0.4, 0.5) is 0 Å². The van der Waals surface area contributed by atoms with E-state index in [1.54, 1.807) is 0 Å². The van der Waals surface area contributed by atoms with Gasteiger partial charge in [-0.3, -0.25) is 4.90 Å². The van der Waals surface area contributed by atoms with E-state index in [0.29, 0.717) is 6.04 Å². The maximum absolute atomic E-state index is 5.94. The van der Waals surface area contributed by atoms with Gasteiger partial charge < -0.3 is 9.73 Å². The summed E-state index contributed by atoms with van der Waals surface area (Å²) in [5.74, 6) is 3.78. The van der Waals surface area contributed by atoms with Gasteiger partial charge in [0.25, 0.3) is 0 Å². The molecule has 2 atom stereocenters. The van der Waals surface area contributed by atoms with Gasteiger partial charge in [0.2, 0.25) is 0 Å². The average Bonchev–Trinajstić information content (AvgIpc) is 2.65. The molecule has 1 fully saturated rings. The summed E-state index contributed by atoms with van der Waals surface area (Å²) in [4.78, 5) is 2.54. The highest BCUT2D eigenvalue weighted by atomic mass is 16.3. The molecule has 114 valence electrons. The lowest BCUT2D eigenvalue weighted by Gasteiger charge is -2.34. The number of nitrogens with zero attached hydrogens (tertiary/aromatic N) is 1. The summed E-state index contributed by atoms with van der Waals surface area (Å²) in [6.07, 6.45) is 1.36. The number of hydrogen-bond acceptors (Lipinski definition) is 3. The highest BCUT2D eigenvalue weighted by molar-refractivity contribution is 5.20. The molecule has 0 aliphatic carbocycles. The molecule has 1 aromatic heterocycles. The second kappa shape index (κ2) is 6.77. The van der Waals surface area contributed by atoms with E-state index in [2.05, 4.69) is 50.9 Å². The normalized spacial score (nSPS) is 24.5. The molecule has 1 aliphatic rings. The van der Waals surface area contributed by atoms with Crippen LogP contribution in [0.25, 0.3) is 0 Å². The molecule has 0 radical (unpaired) electrons. The minimum Gasteiger partial charge on any atom is -0.465 e. The minimum atomic E-state index is 0.511. The third-order valence-electron chi connectivity index (χ3n) is 4.10. The zero-order valence-corrected chi connectivity index (χ0v) is 13.7. The van der Waals surface area contributed by atoms with Crippen molar-refractivity contribution in [2.45, 2.75) is 60.2 Å². The van der Waals surface area contributed by atoms with Gasteiger partial charge in [0.1, 0.15) is 11.5 Å². The van der Waals surface area contributed by atoms with Crippen molar-refractivity contribution in [3.8, 4) is 0 Å². The van der Waals surface area contributed by atoms with E-state index < -0.39 is 0 Å². The molecule has 0 aromatic carbocycles. The third-order valence-corrected chi connectivity index (χ3v) is 4.10. The van der Waals surface area contributed by atoms with E-state index in [0.717, 1.165) is 36.4 Å². The molecular weight excluding hydrogens is 248 g/mol. The van der Waals surface area contributed by atoms with E-state index in [4.69, 9.17) is 4.42 Å². The molecule has 2 rings (SSSR count). The van der Waals surface area contributed by atoms with Gasteiger partial charge in [-0.15, -0.1) is 0 Å². The summed E-state index contributed by atoms with van der Waals surface area (Å²) in [7, 11) is 0. The molecular formula is C17H30N2O. The second-order valence-corrected chi connectivity index (χ2v) is 6.97. The number of rotatable bonds is 5. The fourth-order valence-corrected chi connectivity index (χ4v) is 3.30. The first-order chi connectivity index (χ1) is 9.44. The Morgan fingerprint density at radius 1 is 1.30 bits per heavy atom. The molecule has 3 nitrogen and oxygen atoms in total. The Labute approximate surface area is 123 Å². The number of piperidine rings is 1. The largest absolute Gasteiger partial charge is 0.465 e. The lowest BCUT2D eigenvalue weighted by molar-refractivity contribution is 0.126. The molecule has 0 spiro atoms. The Morgan fingerprint density at radius 2 is 1.95 bits per heavy atom. The van der Waals surface area contributed by atoms with E-state index in [1.165, 1.54) is 25.1 Å². The zero-order valence-electron chi connectivity index (χ0n) is 13.7. The molecule has 20 heavy (non-hydrogen) atoms. The van der Waals surface area contributed by atoms with Gasteiger partial charge >= 0.3 is 0 Å².